The molecule has 0 heterocycles. The lowest BCUT2D eigenvalue weighted by Crippen LogP contribution is -2.38. The van der Waals surface area contributed by atoms with Gasteiger partial charge in [0.25, 0.3) is 0 Å². The molecule has 0 radical (unpaired) electrons. The van der Waals surface area contributed by atoms with Crippen molar-refractivity contribution in [3.05, 3.63) is 29.3 Å². The molecule has 3 unspecified atom stereocenters. The molecule has 0 amide bonds. The summed E-state index contributed by atoms with van der Waals surface area (Å²) in [5.74, 6) is 1.94. The van der Waals surface area contributed by atoms with Crippen molar-refractivity contribution in [2.45, 2.75) is 70.4 Å². The van der Waals surface area contributed by atoms with E-state index in [2.05, 4.69) is 30.4 Å². The fraction of sp³-hybridized carbons (Fsp3) is 0.684. The predicted molar refractivity (Wildman–Crippen MR) is 87.8 cm³/mol. The highest BCUT2D eigenvalue weighted by molar-refractivity contribution is 5.39. The van der Waals surface area contributed by atoms with E-state index in [4.69, 9.17) is 4.74 Å². The highest BCUT2D eigenvalue weighted by Crippen LogP contribution is 2.34. The third-order valence-electron chi connectivity index (χ3n) is 5.46. The third-order valence-corrected chi connectivity index (χ3v) is 5.46. The lowest BCUT2D eigenvalue weighted by atomic mass is 9.82. The summed E-state index contributed by atoms with van der Waals surface area (Å²) in [7, 11) is 1.76. The first kappa shape index (κ1) is 14.9. The van der Waals surface area contributed by atoms with Crippen LogP contribution in [0, 0.1) is 5.92 Å². The zero-order valence-corrected chi connectivity index (χ0v) is 13.5. The van der Waals surface area contributed by atoms with Crippen molar-refractivity contribution in [2.75, 3.05) is 7.11 Å². The summed E-state index contributed by atoms with van der Waals surface area (Å²) in [5.41, 5.74) is 3.00. The van der Waals surface area contributed by atoms with Crippen LogP contribution >= 0.6 is 0 Å². The van der Waals surface area contributed by atoms with E-state index in [1.54, 1.807) is 7.11 Å². The highest BCUT2D eigenvalue weighted by Gasteiger charge is 2.26. The van der Waals surface area contributed by atoms with Gasteiger partial charge < -0.3 is 10.1 Å². The maximum Gasteiger partial charge on any atom is 0.119 e. The van der Waals surface area contributed by atoms with Gasteiger partial charge in [0.1, 0.15) is 5.75 Å². The number of rotatable bonds is 4. The first-order valence-corrected chi connectivity index (χ1v) is 8.73. The molecule has 2 heteroatoms. The molecule has 2 aliphatic rings. The van der Waals surface area contributed by atoms with Gasteiger partial charge in [-0.2, -0.15) is 0 Å². The number of fused-ring (bicyclic) bond motifs is 1. The van der Waals surface area contributed by atoms with Crippen molar-refractivity contribution < 1.29 is 4.74 Å². The van der Waals surface area contributed by atoms with Gasteiger partial charge in [-0.05, 0) is 61.3 Å². The van der Waals surface area contributed by atoms with Gasteiger partial charge in [0.05, 0.1) is 7.11 Å². The fourth-order valence-electron chi connectivity index (χ4n) is 4.19. The Labute approximate surface area is 129 Å². The summed E-state index contributed by atoms with van der Waals surface area (Å²) in [6.45, 7) is 2.34. The Morgan fingerprint density at radius 1 is 1.19 bits per heavy atom. The highest BCUT2D eigenvalue weighted by atomic mass is 16.5. The molecule has 2 aliphatic carbocycles. The molecular formula is C19H29NO. The van der Waals surface area contributed by atoms with Crippen molar-refractivity contribution in [2.24, 2.45) is 5.92 Å². The van der Waals surface area contributed by atoms with E-state index in [0.29, 0.717) is 6.04 Å². The van der Waals surface area contributed by atoms with Crippen LogP contribution in [-0.4, -0.2) is 13.2 Å². The average molecular weight is 287 g/mol. The second-order valence-corrected chi connectivity index (χ2v) is 6.81. The zero-order valence-electron chi connectivity index (χ0n) is 13.5. The first-order chi connectivity index (χ1) is 10.3. The van der Waals surface area contributed by atoms with E-state index < -0.39 is 0 Å². The van der Waals surface area contributed by atoms with E-state index >= 15 is 0 Å². The van der Waals surface area contributed by atoms with Crippen LogP contribution in [-0.2, 0) is 6.42 Å². The van der Waals surface area contributed by atoms with Crippen LogP contribution in [0.2, 0.25) is 0 Å². The zero-order chi connectivity index (χ0) is 14.7. The summed E-state index contributed by atoms with van der Waals surface area (Å²) < 4.78 is 5.37. The van der Waals surface area contributed by atoms with Crippen molar-refractivity contribution in [3.8, 4) is 5.75 Å². The molecule has 1 saturated carbocycles. The smallest absolute Gasteiger partial charge is 0.119 e. The van der Waals surface area contributed by atoms with Gasteiger partial charge in [0.2, 0.25) is 0 Å². The molecule has 1 aromatic carbocycles. The SMILES string of the molecule is CCC1CCCC(NC2CCCc3cc(OC)ccc32)C1. The topological polar surface area (TPSA) is 21.3 Å². The Kier molecular flexibility index (Phi) is 4.84. The van der Waals surface area contributed by atoms with E-state index in [1.165, 1.54) is 62.5 Å². The normalized spacial score (nSPS) is 29.0. The summed E-state index contributed by atoms with van der Waals surface area (Å²) in [5, 5.41) is 3.97. The van der Waals surface area contributed by atoms with E-state index in [9.17, 15) is 0 Å². The fourth-order valence-corrected chi connectivity index (χ4v) is 4.19. The first-order valence-electron chi connectivity index (χ1n) is 8.73. The van der Waals surface area contributed by atoms with Crippen LogP contribution < -0.4 is 10.1 Å². The molecule has 0 saturated heterocycles. The molecule has 3 atom stereocenters. The Bertz CT molecular complexity index is 471. The molecule has 3 rings (SSSR count). The number of hydrogen-bond donors (Lipinski definition) is 1. The number of benzene rings is 1. The lowest BCUT2D eigenvalue weighted by molar-refractivity contribution is 0.254. The van der Waals surface area contributed by atoms with Crippen LogP contribution in [0.5, 0.6) is 5.75 Å². The minimum Gasteiger partial charge on any atom is -0.497 e. The minimum absolute atomic E-state index is 0.556. The summed E-state index contributed by atoms with van der Waals surface area (Å²) in [4.78, 5) is 0. The molecule has 1 aromatic rings. The minimum atomic E-state index is 0.556. The van der Waals surface area contributed by atoms with Crippen LogP contribution in [0.1, 0.15) is 69.0 Å². The largest absolute Gasteiger partial charge is 0.497 e. The molecular weight excluding hydrogens is 258 g/mol. The lowest BCUT2D eigenvalue weighted by Gasteiger charge is -2.35. The average Bonchev–Trinajstić information content (AvgIpc) is 2.55. The van der Waals surface area contributed by atoms with Crippen molar-refractivity contribution in [3.63, 3.8) is 0 Å². The van der Waals surface area contributed by atoms with Crippen LogP contribution in [0.3, 0.4) is 0 Å². The monoisotopic (exact) mass is 287 g/mol. The summed E-state index contributed by atoms with van der Waals surface area (Å²) in [6.07, 6.45) is 10.7. The Morgan fingerprint density at radius 3 is 2.90 bits per heavy atom. The van der Waals surface area contributed by atoms with Crippen LogP contribution in [0.25, 0.3) is 0 Å². The van der Waals surface area contributed by atoms with Gasteiger partial charge in [-0.25, -0.2) is 0 Å². The predicted octanol–water partition coefficient (Wildman–Crippen LogP) is 4.63. The number of ether oxygens (including phenoxy) is 1. The standard InChI is InChI=1S/C19H29NO/c1-3-14-6-4-8-16(12-14)20-19-9-5-7-15-13-17(21-2)10-11-18(15)19/h10-11,13-14,16,19-20H,3-9,12H2,1-2H3. The maximum absolute atomic E-state index is 5.37. The van der Waals surface area contributed by atoms with Crippen LogP contribution in [0.15, 0.2) is 18.2 Å². The second kappa shape index (κ2) is 6.83. The second-order valence-electron chi connectivity index (χ2n) is 6.81. The Balaban J connectivity index is 1.70. The number of nitrogens with one attached hydrogen (secondary N) is 1. The number of methoxy groups -OCH3 is 1. The molecule has 0 aliphatic heterocycles. The molecule has 0 bridgehead atoms. The molecule has 116 valence electrons. The molecule has 1 fully saturated rings. The van der Waals surface area contributed by atoms with Gasteiger partial charge in [-0.3, -0.25) is 0 Å². The van der Waals surface area contributed by atoms with Gasteiger partial charge in [0.15, 0.2) is 0 Å². The van der Waals surface area contributed by atoms with Gasteiger partial charge in [-0.15, -0.1) is 0 Å². The summed E-state index contributed by atoms with van der Waals surface area (Å²) in [6, 6.07) is 7.92. The molecule has 0 aromatic heterocycles. The number of aryl methyl sites for hydroxylation is 1. The van der Waals surface area contributed by atoms with Gasteiger partial charge in [-0.1, -0.05) is 32.3 Å². The van der Waals surface area contributed by atoms with Crippen molar-refractivity contribution in [1.29, 1.82) is 0 Å². The number of hydrogen-bond acceptors (Lipinski definition) is 2. The maximum atomic E-state index is 5.37. The van der Waals surface area contributed by atoms with Crippen LogP contribution in [0.4, 0.5) is 0 Å². The summed E-state index contributed by atoms with van der Waals surface area (Å²) >= 11 is 0. The molecule has 0 spiro atoms. The van der Waals surface area contributed by atoms with E-state index in [-0.39, 0.29) is 0 Å². The van der Waals surface area contributed by atoms with Crippen molar-refractivity contribution in [1.82, 2.24) is 5.32 Å². The van der Waals surface area contributed by atoms with E-state index in [1.807, 2.05) is 0 Å². The molecule has 21 heavy (non-hydrogen) atoms. The van der Waals surface area contributed by atoms with Gasteiger partial charge >= 0.3 is 0 Å². The van der Waals surface area contributed by atoms with Crippen molar-refractivity contribution >= 4 is 0 Å². The molecule has 1 N–H and O–H groups in total. The quantitative estimate of drug-likeness (QED) is 0.871. The Hall–Kier alpha value is -1.02. The molecule has 2 nitrogen and oxygen atoms in total. The van der Waals surface area contributed by atoms with Gasteiger partial charge in [0, 0.05) is 12.1 Å². The van der Waals surface area contributed by atoms with E-state index in [0.717, 1.165) is 17.7 Å². The third kappa shape index (κ3) is 3.42. The Morgan fingerprint density at radius 2 is 2.10 bits per heavy atom.